The fourth-order valence-electron chi connectivity index (χ4n) is 3.29. The molecule has 0 rings (SSSR count). The molecule has 0 nitrogen and oxygen atoms in total. The third-order valence-electron chi connectivity index (χ3n) is 4.53. The molecule has 0 N–H and O–H groups in total. The Morgan fingerprint density at radius 1 is 0.526 bits per heavy atom. The van der Waals surface area contributed by atoms with E-state index in [1.165, 1.54) is 70.6 Å². The van der Waals surface area contributed by atoms with E-state index in [0.29, 0.717) is 0 Å². The van der Waals surface area contributed by atoms with E-state index in [-0.39, 0.29) is 0 Å². The second kappa shape index (κ2) is 13.0. The van der Waals surface area contributed by atoms with E-state index in [1.54, 1.807) is 0 Å². The number of unbranched alkanes of at least 4 members (excludes halogenated alkanes) is 3. The fraction of sp³-hybridized carbons (Fsp3) is 1.00. The van der Waals surface area contributed by atoms with Gasteiger partial charge in [-0.25, -0.2) is 0 Å². The van der Waals surface area contributed by atoms with Gasteiger partial charge in [-0.2, -0.15) is 0 Å². The van der Waals surface area contributed by atoms with Crippen LogP contribution in [0.25, 0.3) is 0 Å². The Morgan fingerprint density at radius 2 is 1.11 bits per heavy atom. The normalized spacial score (nSPS) is 16.3. The second-order valence-corrected chi connectivity index (χ2v) is 7.12. The Bertz CT molecular complexity index is 173. The van der Waals surface area contributed by atoms with Crippen LogP contribution >= 0.6 is 0 Å². The molecule has 0 aliphatic rings. The summed E-state index contributed by atoms with van der Waals surface area (Å²) in [6, 6.07) is 0. The summed E-state index contributed by atoms with van der Waals surface area (Å²) in [4.78, 5) is 0. The van der Waals surface area contributed by atoms with Crippen LogP contribution in [0.2, 0.25) is 0 Å². The summed E-state index contributed by atoms with van der Waals surface area (Å²) in [5.41, 5.74) is 0. The molecule has 19 heavy (non-hydrogen) atoms. The van der Waals surface area contributed by atoms with Gasteiger partial charge in [0.05, 0.1) is 0 Å². The highest BCUT2D eigenvalue weighted by atomic mass is 14.2. The molecule has 0 aromatic heterocycles. The first-order chi connectivity index (χ1) is 9.10. The smallest absolute Gasteiger partial charge is 0.0440 e. The Morgan fingerprint density at radius 3 is 1.68 bits per heavy atom. The van der Waals surface area contributed by atoms with Gasteiger partial charge in [0, 0.05) is 0 Å². The average molecular weight is 269 g/mol. The van der Waals surface area contributed by atoms with Crippen LogP contribution in [0.3, 0.4) is 0 Å². The lowest BCUT2D eigenvalue weighted by molar-refractivity contribution is 0.346. The van der Waals surface area contributed by atoms with E-state index >= 15 is 0 Å². The fourth-order valence-corrected chi connectivity index (χ4v) is 3.29. The molecule has 3 unspecified atom stereocenters. The molecule has 3 atom stereocenters. The Kier molecular flexibility index (Phi) is 13.0. The second-order valence-electron chi connectivity index (χ2n) is 7.12. The number of hydrogen-bond acceptors (Lipinski definition) is 0. The van der Waals surface area contributed by atoms with Gasteiger partial charge < -0.3 is 0 Å². The van der Waals surface area contributed by atoms with Crippen molar-refractivity contribution in [1.82, 2.24) is 0 Å². The molecule has 0 fully saturated rings. The summed E-state index contributed by atoms with van der Waals surface area (Å²) in [6.07, 6.45) is 15.7. The van der Waals surface area contributed by atoms with Crippen molar-refractivity contribution in [3.63, 3.8) is 0 Å². The van der Waals surface area contributed by atoms with Gasteiger partial charge in [-0.1, -0.05) is 98.8 Å². The van der Waals surface area contributed by atoms with Crippen LogP contribution < -0.4 is 0 Å². The zero-order chi connectivity index (χ0) is 14.5. The Balaban J connectivity index is 3.48. The molecule has 116 valence electrons. The van der Waals surface area contributed by atoms with Crippen LogP contribution in [-0.2, 0) is 0 Å². The maximum atomic E-state index is 2.47. The molecule has 0 amide bonds. The molecule has 0 aliphatic heterocycles. The molecule has 0 spiro atoms. The van der Waals surface area contributed by atoms with Gasteiger partial charge in [0.25, 0.3) is 0 Å². The summed E-state index contributed by atoms with van der Waals surface area (Å²) >= 11 is 0. The van der Waals surface area contributed by atoms with Crippen molar-refractivity contribution in [2.24, 2.45) is 17.8 Å². The highest BCUT2D eigenvalue weighted by Crippen LogP contribution is 2.23. The molecule has 0 radical (unpaired) electrons. The summed E-state index contributed by atoms with van der Waals surface area (Å²) in [7, 11) is 0. The van der Waals surface area contributed by atoms with E-state index in [4.69, 9.17) is 0 Å². The average Bonchev–Trinajstić information content (AvgIpc) is 2.35. The van der Waals surface area contributed by atoms with Crippen LogP contribution in [0.5, 0.6) is 0 Å². The van der Waals surface area contributed by atoms with Gasteiger partial charge in [0.15, 0.2) is 0 Å². The first-order valence-electron chi connectivity index (χ1n) is 9.10. The van der Waals surface area contributed by atoms with Crippen molar-refractivity contribution in [2.75, 3.05) is 0 Å². The molecular formula is C19H40. The summed E-state index contributed by atoms with van der Waals surface area (Å²) < 4.78 is 0. The lowest BCUT2D eigenvalue weighted by Gasteiger charge is -2.18. The molecule has 0 heterocycles. The van der Waals surface area contributed by atoms with Crippen molar-refractivity contribution in [3.8, 4) is 0 Å². The van der Waals surface area contributed by atoms with Crippen molar-refractivity contribution in [1.29, 1.82) is 0 Å². The maximum absolute atomic E-state index is 2.47. The number of rotatable bonds is 13. The van der Waals surface area contributed by atoms with E-state index < -0.39 is 0 Å². The van der Waals surface area contributed by atoms with E-state index in [0.717, 1.165) is 17.8 Å². The number of hydrogen-bond donors (Lipinski definition) is 0. The van der Waals surface area contributed by atoms with Crippen molar-refractivity contribution >= 4 is 0 Å². The molecule has 0 saturated carbocycles. The van der Waals surface area contributed by atoms with Gasteiger partial charge in [-0.05, 0) is 24.2 Å². The van der Waals surface area contributed by atoms with Gasteiger partial charge in [-0.15, -0.1) is 0 Å². The van der Waals surface area contributed by atoms with Gasteiger partial charge in [0.1, 0.15) is 0 Å². The largest absolute Gasteiger partial charge is 0.0654 e. The zero-order valence-electron chi connectivity index (χ0n) is 14.5. The van der Waals surface area contributed by atoms with Crippen LogP contribution in [-0.4, -0.2) is 0 Å². The molecular weight excluding hydrogens is 228 g/mol. The third-order valence-corrected chi connectivity index (χ3v) is 4.53. The van der Waals surface area contributed by atoms with Crippen LogP contribution in [0.4, 0.5) is 0 Å². The molecule has 0 aromatic carbocycles. The maximum Gasteiger partial charge on any atom is -0.0440 e. The lowest BCUT2D eigenvalue weighted by atomic mass is 9.88. The van der Waals surface area contributed by atoms with E-state index in [2.05, 4.69) is 34.6 Å². The molecule has 0 aromatic rings. The van der Waals surface area contributed by atoms with E-state index in [1.807, 2.05) is 0 Å². The molecule has 0 saturated heterocycles. The Hall–Kier alpha value is 0. The summed E-state index contributed by atoms with van der Waals surface area (Å²) in [5, 5.41) is 0. The first kappa shape index (κ1) is 19.0. The van der Waals surface area contributed by atoms with Crippen molar-refractivity contribution in [3.05, 3.63) is 0 Å². The van der Waals surface area contributed by atoms with Gasteiger partial charge >= 0.3 is 0 Å². The van der Waals surface area contributed by atoms with Gasteiger partial charge in [-0.3, -0.25) is 0 Å². The zero-order valence-corrected chi connectivity index (χ0v) is 14.5. The highest BCUT2D eigenvalue weighted by molar-refractivity contribution is 4.62. The van der Waals surface area contributed by atoms with E-state index in [9.17, 15) is 0 Å². The third kappa shape index (κ3) is 12.8. The summed E-state index contributed by atoms with van der Waals surface area (Å²) in [6.45, 7) is 11.9. The minimum absolute atomic E-state index is 0.940. The van der Waals surface area contributed by atoms with Crippen molar-refractivity contribution in [2.45, 2.75) is 105 Å². The molecule has 0 bridgehead atoms. The monoisotopic (exact) mass is 268 g/mol. The van der Waals surface area contributed by atoms with Gasteiger partial charge in [0.2, 0.25) is 0 Å². The molecule has 0 heteroatoms. The van der Waals surface area contributed by atoms with Crippen LogP contribution in [0, 0.1) is 17.8 Å². The molecule has 0 aliphatic carbocycles. The van der Waals surface area contributed by atoms with Crippen LogP contribution in [0.1, 0.15) is 105 Å². The minimum atomic E-state index is 0.940. The van der Waals surface area contributed by atoms with Crippen LogP contribution in [0.15, 0.2) is 0 Å². The van der Waals surface area contributed by atoms with Crippen molar-refractivity contribution < 1.29 is 0 Å². The standard InChI is InChI=1S/C19H40/c1-6-8-9-10-13-18(4)16-19(5)15-11-14-17(3)12-7-2/h17-19H,6-16H2,1-5H3. The topological polar surface area (TPSA) is 0 Å². The predicted molar refractivity (Wildman–Crippen MR) is 89.6 cm³/mol. The highest BCUT2D eigenvalue weighted by Gasteiger charge is 2.09. The Labute approximate surface area is 123 Å². The SMILES string of the molecule is CCCCCCC(C)CC(C)CCCC(C)CCC. The lowest BCUT2D eigenvalue weighted by Crippen LogP contribution is -2.04. The quantitative estimate of drug-likeness (QED) is 0.309. The predicted octanol–water partition coefficient (Wildman–Crippen LogP) is 7.23. The minimum Gasteiger partial charge on any atom is -0.0654 e. The first-order valence-corrected chi connectivity index (χ1v) is 9.10. The summed E-state index contributed by atoms with van der Waals surface area (Å²) in [5.74, 6) is 2.83.